The third-order valence-corrected chi connectivity index (χ3v) is 6.56. The van der Waals surface area contributed by atoms with E-state index in [1.165, 1.54) is 0 Å². The van der Waals surface area contributed by atoms with Gasteiger partial charge in [-0.05, 0) is 18.1 Å². The van der Waals surface area contributed by atoms with Crippen LogP contribution in [-0.4, -0.2) is 60.7 Å². The molecule has 8 nitrogen and oxygen atoms in total. The van der Waals surface area contributed by atoms with Crippen molar-refractivity contribution in [2.45, 2.75) is 61.8 Å². The third kappa shape index (κ3) is 3.59. The normalized spacial score (nSPS) is 32.2. The largest absolute Gasteiger partial charge is 0.390 e. The lowest BCUT2D eigenvalue weighted by molar-refractivity contribution is -0.265. The maximum absolute atomic E-state index is 12.8. The standard InChI is InChI=1S/C25H27NO7/c1-17(27)24(31)23(30,16-20-11-7-4-8-12-20)22(13-14-26,33-25(24,32)18(2)28)21(29)15-19-9-5-3-6-10-19/h3-12,21,29-32H,13,15-16H2,1-2H3/t21?,22-,23-,24-,25+/m1/s1. The Bertz CT molecular complexity index is 1070. The number of aliphatic hydroxyl groups is 4. The van der Waals surface area contributed by atoms with Crippen LogP contribution < -0.4 is 0 Å². The van der Waals surface area contributed by atoms with Gasteiger partial charge in [-0.25, -0.2) is 0 Å². The second kappa shape index (κ2) is 8.78. The first-order valence-corrected chi connectivity index (χ1v) is 10.5. The summed E-state index contributed by atoms with van der Waals surface area (Å²) in [4.78, 5) is 25.3. The van der Waals surface area contributed by atoms with Crippen molar-refractivity contribution in [1.29, 1.82) is 5.26 Å². The second-order valence-electron chi connectivity index (χ2n) is 8.52. The first kappa shape index (κ1) is 24.7. The average molecular weight is 453 g/mol. The van der Waals surface area contributed by atoms with Gasteiger partial charge in [-0.15, -0.1) is 0 Å². The van der Waals surface area contributed by atoms with Gasteiger partial charge in [-0.1, -0.05) is 60.7 Å². The Morgan fingerprint density at radius 1 is 0.939 bits per heavy atom. The lowest BCUT2D eigenvalue weighted by Crippen LogP contribution is -2.73. The fraction of sp³-hybridized carbons (Fsp3) is 0.400. The van der Waals surface area contributed by atoms with E-state index in [9.17, 15) is 35.3 Å². The molecule has 0 radical (unpaired) electrons. The highest BCUT2D eigenvalue weighted by atomic mass is 16.7. The predicted octanol–water partition coefficient (Wildman–Crippen LogP) is 0.844. The van der Waals surface area contributed by atoms with E-state index in [-0.39, 0.29) is 6.42 Å². The summed E-state index contributed by atoms with van der Waals surface area (Å²) in [5.41, 5.74) is -7.29. The number of ketones is 2. The average Bonchev–Trinajstić information content (AvgIpc) is 2.93. The van der Waals surface area contributed by atoms with Crippen LogP contribution in [0.3, 0.4) is 0 Å². The molecule has 1 heterocycles. The maximum Gasteiger partial charge on any atom is 0.267 e. The molecule has 1 aliphatic heterocycles. The Labute approximate surface area is 191 Å². The summed E-state index contributed by atoms with van der Waals surface area (Å²) in [6.07, 6.45) is -3.06. The SMILES string of the molecule is CC(=O)[C@@]1(O)[C@@](O)(Cc2ccccc2)[C@@](CC#N)(C(O)Cc2ccccc2)O[C@@]1(O)C(C)=O. The number of rotatable bonds is 8. The van der Waals surface area contributed by atoms with Crippen LogP contribution in [0.15, 0.2) is 60.7 Å². The molecule has 2 aromatic rings. The third-order valence-electron chi connectivity index (χ3n) is 6.56. The highest BCUT2D eigenvalue weighted by Gasteiger charge is 2.83. The number of aliphatic hydroxyl groups excluding tert-OH is 1. The molecule has 3 rings (SSSR count). The van der Waals surface area contributed by atoms with Crippen molar-refractivity contribution in [2.24, 2.45) is 0 Å². The molecule has 0 bridgehead atoms. The van der Waals surface area contributed by atoms with Crippen molar-refractivity contribution >= 4 is 11.6 Å². The van der Waals surface area contributed by atoms with E-state index < -0.39 is 53.1 Å². The quantitative estimate of drug-likeness (QED) is 0.460. The minimum atomic E-state index is -3.20. The van der Waals surface area contributed by atoms with Crippen LogP contribution >= 0.6 is 0 Å². The smallest absolute Gasteiger partial charge is 0.267 e. The van der Waals surface area contributed by atoms with Crippen molar-refractivity contribution in [2.75, 3.05) is 0 Å². The maximum atomic E-state index is 12.8. The lowest BCUT2D eigenvalue weighted by atomic mass is 9.62. The summed E-state index contributed by atoms with van der Waals surface area (Å²) < 4.78 is 5.65. The van der Waals surface area contributed by atoms with Crippen LogP contribution in [0.4, 0.5) is 0 Å². The lowest BCUT2D eigenvalue weighted by Gasteiger charge is -2.46. The molecule has 8 heteroatoms. The van der Waals surface area contributed by atoms with Gasteiger partial charge in [0.05, 0.1) is 18.6 Å². The number of carbonyl (C=O) groups is 2. The molecule has 174 valence electrons. The van der Waals surface area contributed by atoms with E-state index in [0.717, 1.165) is 13.8 Å². The molecular weight excluding hydrogens is 426 g/mol. The van der Waals surface area contributed by atoms with E-state index in [1.807, 2.05) is 6.07 Å². The molecule has 1 saturated heterocycles. The minimum Gasteiger partial charge on any atom is -0.390 e. The molecule has 1 unspecified atom stereocenters. The van der Waals surface area contributed by atoms with Gasteiger partial charge in [0.25, 0.3) is 5.79 Å². The Morgan fingerprint density at radius 2 is 1.45 bits per heavy atom. The molecule has 0 spiro atoms. The van der Waals surface area contributed by atoms with Crippen molar-refractivity contribution in [3.63, 3.8) is 0 Å². The fourth-order valence-electron chi connectivity index (χ4n) is 4.80. The molecule has 2 aromatic carbocycles. The van der Waals surface area contributed by atoms with E-state index in [0.29, 0.717) is 11.1 Å². The minimum absolute atomic E-state index is 0.151. The van der Waals surface area contributed by atoms with Crippen molar-refractivity contribution in [1.82, 2.24) is 0 Å². The Balaban J connectivity index is 2.29. The summed E-state index contributed by atoms with van der Waals surface area (Å²) in [6, 6.07) is 18.7. The first-order chi connectivity index (χ1) is 15.5. The van der Waals surface area contributed by atoms with Crippen LogP contribution in [0.5, 0.6) is 0 Å². The summed E-state index contributed by atoms with van der Waals surface area (Å²) in [5, 5.41) is 55.9. The van der Waals surface area contributed by atoms with Crippen molar-refractivity contribution in [3.05, 3.63) is 71.8 Å². The number of benzene rings is 2. The zero-order chi connectivity index (χ0) is 24.5. The number of hydrogen-bond donors (Lipinski definition) is 4. The van der Waals surface area contributed by atoms with Crippen LogP contribution in [0.1, 0.15) is 31.4 Å². The number of hydrogen-bond acceptors (Lipinski definition) is 8. The molecule has 4 N–H and O–H groups in total. The van der Waals surface area contributed by atoms with Crippen LogP contribution in [0.2, 0.25) is 0 Å². The Morgan fingerprint density at radius 3 is 1.91 bits per heavy atom. The van der Waals surface area contributed by atoms with E-state index in [1.54, 1.807) is 60.7 Å². The van der Waals surface area contributed by atoms with Gasteiger partial charge < -0.3 is 25.2 Å². The zero-order valence-electron chi connectivity index (χ0n) is 18.4. The summed E-state index contributed by atoms with van der Waals surface area (Å²) in [7, 11) is 0. The predicted molar refractivity (Wildman–Crippen MR) is 117 cm³/mol. The highest BCUT2D eigenvalue weighted by Crippen LogP contribution is 2.56. The summed E-state index contributed by atoms with van der Waals surface area (Å²) in [5.74, 6) is -5.50. The van der Waals surface area contributed by atoms with Gasteiger partial charge in [0.2, 0.25) is 5.60 Å². The Kier molecular flexibility index (Phi) is 6.58. The topological polar surface area (TPSA) is 148 Å². The molecular formula is C25H27NO7. The van der Waals surface area contributed by atoms with Gasteiger partial charge in [-0.3, -0.25) is 9.59 Å². The summed E-state index contributed by atoms with van der Waals surface area (Å²) >= 11 is 0. The first-order valence-electron chi connectivity index (χ1n) is 10.5. The molecule has 5 atom stereocenters. The van der Waals surface area contributed by atoms with E-state index in [2.05, 4.69) is 0 Å². The number of nitriles is 1. The number of carbonyl (C=O) groups excluding carboxylic acids is 2. The van der Waals surface area contributed by atoms with Crippen LogP contribution in [0.25, 0.3) is 0 Å². The van der Waals surface area contributed by atoms with Gasteiger partial charge >= 0.3 is 0 Å². The number of ether oxygens (including phenoxy) is 1. The molecule has 33 heavy (non-hydrogen) atoms. The van der Waals surface area contributed by atoms with E-state index >= 15 is 0 Å². The van der Waals surface area contributed by atoms with Gasteiger partial charge in [0, 0.05) is 19.8 Å². The molecule has 0 saturated carbocycles. The van der Waals surface area contributed by atoms with Crippen LogP contribution in [0, 0.1) is 11.3 Å². The fourth-order valence-corrected chi connectivity index (χ4v) is 4.80. The monoisotopic (exact) mass is 453 g/mol. The van der Waals surface area contributed by atoms with Crippen molar-refractivity contribution in [3.8, 4) is 6.07 Å². The van der Waals surface area contributed by atoms with Gasteiger partial charge in [-0.2, -0.15) is 5.26 Å². The highest BCUT2D eigenvalue weighted by molar-refractivity contribution is 5.98. The molecule has 0 aliphatic carbocycles. The summed E-state index contributed by atoms with van der Waals surface area (Å²) in [6.45, 7) is 1.79. The van der Waals surface area contributed by atoms with E-state index in [4.69, 9.17) is 4.74 Å². The Hall–Kier alpha value is -2.93. The number of nitrogens with zero attached hydrogens (tertiary/aromatic N) is 1. The molecule has 0 aromatic heterocycles. The van der Waals surface area contributed by atoms with Crippen LogP contribution in [-0.2, 0) is 27.2 Å². The molecule has 1 aliphatic rings. The molecule has 0 amide bonds. The second-order valence-corrected chi connectivity index (χ2v) is 8.52. The molecule has 1 fully saturated rings. The van der Waals surface area contributed by atoms with Crippen molar-refractivity contribution < 1.29 is 34.8 Å². The zero-order valence-corrected chi connectivity index (χ0v) is 18.4. The van der Waals surface area contributed by atoms with Gasteiger partial charge in [0.15, 0.2) is 11.6 Å². The van der Waals surface area contributed by atoms with Gasteiger partial charge in [0.1, 0.15) is 11.2 Å². The number of Topliss-reactive ketones (excluding diaryl/α,β-unsaturated/α-hetero) is 2.